The van der Waals surface area contributed by atoms with Gasteiger partial charge in [0.1, 0.15) is 0 Å². The van der Waals surface area contributed by atoms with Crippen LogP contribution in [0, 0.1) is 0 Å². The Bertz CT molecular complexity index is 195. The Hall–Kier alpha value is 0.571. The zero-order valence-corrected chi connectivity index (χ0v) is 15.5. The lowest BCUT2D eigenvalue weighted by molar-refractivity contribution is 0.384. The van der Waals surface area contributed by atoms with Crippen LogP contribution in [0.25, 0.3) is 0 Å². The minimum atomic E-state index is -1.57. The third kappa shape index (κ3) is 3.80. The Labute approximate surface area is 106 Å². The van der Waals surface area contributed by atoms with Gasteiger partial charge in [-0.1, -0.05) is 20.8 Å². The van der Waals surface area contributed by atoms with Gasteiger partial charge < -0.3 is 8.54 Å². The third-order valence-corrected chi connectivity index (χ3v) is 18.8. The summed E-state index contributed by atoms with van der Waals surface area (Å²) in [6, 6.07) is 2.42. The first kappa shape index (κ1) is 16.6. The summed E-state index contributed by atoms with van der Waals surface area (Å²) < 4.78 is 12.3. The van der Waals surface area contributed by atoms with Crippen molar-refractivity contribution in [3.05, 3.63) is 0 Å². The van der Waals surface area contributed by atoms with Gasteiger partial charge in [0.05, 0.1) is 0 Å². The first-order valence-corrected chi connectivity index (χ1v) is 14.6. The predicted molar refractivity (Wildman–Crippen MR) is 80.6 cm³/mol. The molecule has 0 saturated carbocycles. The second-order valence-corrected chi connectivity index (χ2v) is 18.0. The second-order valence-electron chi connectivity index (χ2n) is 5.47. The molecule has 0 aliphatic rings. The molecule has 0 aliphatic heterocycles. The molecule has 0 spiro atoms. The Morgan fingerprint density at radius 3 is 1.81 bits per heavy atom. The smallest absolute Gasteiger partial charge is 0.194 e. The van der Waals surface area contributed by atoms with Crippen molar-refractivity contribution in [1.82, 2.24) is 0 Å². The van der Waals surface area contributed by atoms with E-state index in [0.717, 1.165) is 0 Å². The Morgan fingerprint density at radius 2 is 1.56 bits per heavy atom. The van der Waals surface area contributed by atoms with Gasteiger partial charge in [0.25, 0.3) is 0 Å². The van der Waals surface area contributed by atoms with Crippen molar-refractivity contribution < 1.29 is 8.54 Å². The standard InChI is InChI=1S/C11H30O2Si3/c1-9-16(10-2,12-4)11(3)15(7,8)13-14(5)6/h11,14H,9-10H2,1-8H3. The lowest BCUT2D eigenvalue weighted by Gasteiger charge is -2.42. The van der Waals surface area contributed by atoms with Gasteiger partial charge in [-0.05, 0) is 43.4 Å². The first-order chi connectivity index (χ1) is 7.25. The van der Waals surface area contributed by atoms with Crippen molar-refractivity contribution in [3.63, 3.8) is 0 Å². The molecule has 98 valence electrons. The lowest BCUT2D eigenvalue weighted by atomic mass is 10.9. The van der Waals surface area contributed by atoms with E-state index < -0.39 is 25.7 Å². The molecule has 0 aromatic heterocycles. The summed E-state index contributed by atoms with van der Waals surface area (Å²) in [6.07, 6.45) is 0. The van der Waals surface area contributed by atoms with Crippen molar-refractivity contribution in [3.8, 4) is 0 Å². The zero-order valence-electron chi connectivity index (χ0n) is 12.4. The van der Waals surface area contributed by atoms with Crippen LogP contribution in [-0.4, -0.2) is 32.8 Å². The lowest BCUT2D eigenvalue weighted by Crippen LogP contribution is -2.53. The molecule has 1 unspecified atom stereocenters. The van der Waals surface area contributed by atoms with Crippen LogP contribution in [0.3, 0.4) is 0 Å². The fourth-order valence-electron chi connectivity index (χ4n) is 2.67. The van der Waals surface area contributed by atoms with Crippen LogP contribution >= 0.6 is 0 Å². The summed E-state index contributed by atoms with van der Waals surface area (Å²) in [6.45, 7) is 16.2. The molecule has 0 saturated heterocycles. The minimum absolute atomic E-state index is 0.676. The van der Waals surface area contributed by atoms with Crippen molar-refractivity contribution in [1.29, 1.82) is 0 Å². The van der Waals surface area contributed by atoms with Gasteiger partial charge in [0.15, 0.2) is 25.7 Å². The number of hydrogen-bond donors (Lipinski definition) is 0. The van der Waals surface area contributed by atoms with Gasteiger partial charge in [-0.2, -0.15) is 0 Å². The molecule has 16 heavy (non-hydrogen) atoms. The fraction of sp³-hybridized carbons (Fsp3) is 1.00. The largest absolute Gasteiger partial charge is 0.458 e. The molecule has 0 amide bonds. The summed E-state index contributed by atoms with van der Waals surface area (Å²) >= 11 is 0. The molecule has 0 aromatic carbocycles. The molecule has 0 aliphatic carbocycles. The molecule has 5 heteroatoms. The van der Waals surface area contributed by atoms with Crippen LogP contribution in [0.4, 0.5) is 0 Å². The average Bonchev–Trinajstić information content (AvgIpc) is 2.19. The quantitative estimate of drug-likeness (QED) is 0.660. The monoisotopic (exact) mass is 278 g/mol. The molecule has 0 N–H and O–H groups in total. The van der Waals surface area contributed by atoms with Gasteiger partial charge in [-0.3, -0.25) is 0 Å². The van der Waals surface area contributed by atoms with Crippen LogP contribution in [0.1, 0.15) is 20.8 Å². The van der Waals surface area contributed by atoms with Gasteiger partial charge in [0.2, 0.25) is 0 Å². The summed E-state index contributed by atoms with van der Waals surface area (Å²) in [5.74, 6) is 0. The van der Waals surface area contributed by atoms with Gasteiger partial charge in [-0.15, -0.1) is 0 Å². The minimum Gasteiger partial charge on any atom is -0.458 e. The van der Waals surface area contributed by atoms with Crippen molar-refractivity contribution in [2.75, 3.05) is 7.11 Å². The van der Waals surface area contributed by atoms with Crippen LogP contribution in [0.2, 0.25) is 43.4 Å². The molecular weight excluding hydrogens is 248 g/mol. The number of rotatable bonds is 7. The molecule has 0 heterocycles. The Kier molecular flexibility index (Phi) is 6.72. The zero-order chi connectivity index (χ0) is 13.0. The fourth-order valence-corrected chi connectivity index (χ4v) is 18.3. The summed E-state index contributed by atoms with van der Waals surface area (Å²) in [4.78, 5) is 0. The Morgan fingerprint density at radius 1 is 1.12 bits per heavy atom. The van der Waals surface area contributed by atoms with E-state index in [9.17, 15) is 0 Å². The van der Waals surface area contributed by atoms with Gasteiger partial charge in [-0.25, -0.2) is 0 Å². The normalized spacial score (nSPS) is 15.6. The highest BCUT2D eigenvalue weighted by molar-refractivity contribution is 6.94. The van der Waals surface area contributed by atoms with Crippen LogP contribution in [-0.2, 0) is 8.54 Å². The number of hydrogen-bond acceptors (Lipinski definition) is 2. The van der Waals surface area contributed by atoms with Gasteiger partial charge >= 0.3 is 0 Å². The van der Waals surface area contributed by atoms with Crippen molar-refractivity contribution >= 4 is 25.7 Å². The average molecular weight is 279 g/mol. The second kappa shape index (κ2) is 6.49. The van der Waals surface area contributed by atoms with E-state index in [0.29, 0.717) is 5.16 Å². The van der Waals surface area contributed by atoms with E-state index in [1.807, 2.05) is 7.11 Å². The maximum absolute atomic E-state index is 6.34. The third-order valence-electron chi connectivity index (χ3n) is 3.97. The maximum atomic E-state index is 6.34. The first-order valence-electron chi connectivity index (χ1n) is 6.48. The van der Waals surface area contributed by atoms with E-state index in [1.165, 1.54) is 12.1 Å². The summed E-state index contributed by atoms with van der Waals surface area (Å²) in [5.41, 5.74) is 0. The molecule has 0 radical (unpaired) electrons. The summed E-state index contributed by atoms with van der Waals surface area (Å²) in [7, 11) is -2.15. The van der Waals surface area contributed by atoms with Crippen LogP contribution < -0.4 is 0 Å². The topological polar surface area (TPSA) is 18.5 Å². The van der Waals surface area contributed by atoms with Gasteiger partial charge in [0, 0.05) is 7.11 Å². The highest BCUT2D eigenvalue weighted by atomic mass is 28.4. The molecule has 0 bridgehead atoms. The van der Waals surface area contributed by atoms with Crippen LogP contribution in [0.15, 0.2) is 0 Å². The van der Waals surface area contributed by atoms with E-state index in [2.05, 4.69) is 47.0 Å². The van der Waals surface area contributed by atoms with E-state index in [1.54, 1.807) is 0 Å². The van der Waals surface area contributed by atoms with E-state index >= 15 is 0 Å². The van der Waals surface area contributed by atoms with E-state index in [-0.39, 0.29) is 0 Å². The molecule has 0 fully saturated rings. The van der Waals surface area contributed by atoms with E-state index in [4.69, 9.17) is 8.54 Å². The maximum Gasteiger partial charge on any atom is 0.194 e. The molecule has 1 atom stereocenters. The molecule has 0 aromatic rings. The highest BCUT2D eigenvalue weighted by Crippen LogP contribution is 2.37. The van der Waals surface area contributed by atoms with Crippen LogP contribution in [0.5, 0.6) is 0 Å². The van der Waals surface area contributed by atoms with Crippen molar-refractivity contribution in [2.24, 2.45) is 0 Å². The predicted octanol–water partition coefficient (Wildman–Crippen LogP) is 3.75. The highest BCUT2D eigenvalue weighted by Gasteiger charge is 2.47. The molecule has 2 nitrogen and oxygen atoms in total. The molecule has 0 rings (SSSR count). The summed E-state index contributed by atoms with van der Waals surface area (Å²) in [5, 5.41) is 0.676. The Balaban J connectivity index is 4.91. The van der Waals surface area contributed by atoms with Crippen molar-refractivity contribution in [2.45, 2.75) is 64.2 Å². The molecular formula is C11H30O2Si3. The SMILES string of the molecule is CC[Si](CC)(OC)C(C)[Si](C)(C)O[SiH](C)C.